The number of carboxylic acid groups (broad SMARTS) is 1. The molecule has 0 amide bonds. The van der Waals surface area contributed by atoms with E-state index in [0.717, 1.165) is 11.8 Å². The minimum Gasteiger partial charge on any atom is -0.481 e. The number of thioether (sulfide) groups is 1. The number of carbonyl (C=O) groups is 1. The maximum atomic E-state index is 14.1. The van der Waals surface area contributed by atoms with Crippen molar-refractivity contribution in [1.82, 2.24) is 0 Å². The fourth-order valence-corrected chi connectivity index (χ4v) is 5.26. The highest BCUT2D eigenvalue weighted by Gasteiger charge is 2.60. The topological polar surface area (TPSA) is 49.7 Å². The molecule has 1 atom stereocenters. The molecule has 0 bridgehead atoms. The minimum absolute atomic E-state index is 0.0778. The first-order valence-electron chi connectivity index (χ1n) is 7.95. The summed E-state index contributed by atoms with van der Waals surface area (Å²) >= 11 is 19.5. The Hall–Kier alpha value is -1.06. The van der Waals surface area contributed by atoms with Crippen LogP contribution in [0.1, 0.15) is 17.5 Å². The van der Waals surface area contributed by atoms with Gasteiger partial charge in [0.05, 0.1) is 16.5 Å². The predicted molar refractivity (Wildman–Crippen MR) is 113 cm³/mol. The lowest BCUT2D eigenvalue weighted by Gasteiger charge is -2.30. The fraction of sp³-hybridized carbons (Fsp3) is 0.222. The zero-order valence-electron chi connectivity index (χ0n) is 14.3. The second-order valence-electron chi connectivity index (χ2n) is 6.12. The first kappa shape index (κ1) is 22.6. The number of hydrogen-bond donors (Lipinski definition) is 1. The van der Waals surface area contributed by atoms with Crippen molar-refractivity contribution in [2.75, 3.05) is 5.75 Å². The Labute approximate surface area is 187 Å². The summed E-state index contributed by atoms with van der Waals surface area (Å²) in [5.74, 6) is -1.18. The van der Waals surface area contributed by atoms with E-state index < -0.39 is 23.3 Å². The molecule has 0 aliphatic carbocycles. The Balaban J connectivity index is 1.93. The summed E-state index contributed by atoms with van der Waals surface area (Å²) in [4.78, 5) is 11.2. The third-order valence-electron chi connectivity index (χ3n) is 4.13. The Morgan fingerprint density at radius 1 is 1.17 bits per heavy atom. The second kappa shape index (κ2) is 8.59. The first-order chi connectivity index (χ1) is 13.5. The summed E-state index contributed by atoms with van der Waals surface area (Å²) in [5.41, 5.74) is 0.576. The molecule has 1 aliphatic rings. The highest BCUT2D eigenvalue weighted by Crippen LogP contribution is 2.57. The van der Waals surface area contributed by atoms with Gasteiger partial charge in [-0.2, -0.15) is 13.2 Å². The van der Waals surface area contributed by atoms with Gasteiger partial charge in [-0.15, -0.1) is 11.8 Å². The molecule has 11 heteroatoms. The maximum absolute atomic E-state index is 14.1. The van der Waals surface area contributed by atoms with Gasteiger partial charge in [0.15, 0.2) is 4.75 Å². The van der Waals surface area contributed by atoms with Crippen LogP contribution in [0.3, 0.4) is 0 Å². The normalized spacial score (nSPS) is 19.3. The molecule has 29 heavy (non-hydrogen) atoms. The summed E-state index contributed by atoms with van der Waals surface area (Å²) < 4.78 is 44.1. The van der Waals surface area contributed by atoms with Crippen LogP contribution in [0, 0.1) is 0 Å². The van der Waals surface area contributed by atoms with Gasteiger partial charge in [0.1, 0.15) is 0 Å². The van der Waals surface area contributed by atoms with Crippen molar-refractivity contribution in [3.8, 4) is 0 Å². The van der Waals surface area contributed by atoms with Crippen molar-refractivity contribution >= 4 is 70.2 Å². The molecule has 1 N–H and O–H groups in total. The summed E-state index contributed by atoms with van der Waals surface area (Å²) in [5, 5.41) is 9.22. The Kier molecular flexibility index (Phi) is 6.70. The van der Waals surface area contributed by atoms with Crippen LogP contribution in [0.25, 0.3) is 0 Å². The van der Waals surface area contributed by atoms with E-state index in [1.807, 2.05) is 0 Å². The van der Waals surface area contributed by atoms with Crippen LogP contribution in [-0.4, -0.2) is 28.7 Å². The predicted octanol–water partition coefficient (Wildman–Crippen LogP) is 7.12. The van der Waals surface area contributed by atoms with E-state index in [1.54, 1.807) is 12.1 Å². The summed E-state index contributed by atoms with van der Waals surface area (Å²) in [6, 6.07) is 8.49. The molecule has 0 saturated heterocycles. The summed E-state index contributed by atoms with van der Waals surface area (Å²) in [7, 11) is 0. The van der Waals surface area contributed by atoms with Crippen LogP contribution >= 0.6 is 58.5 Å². The molecule has 3 nitrogen and oxygen atoms in total. The fourth-order valence-electron chi connectivity index (χ4n) is 2.78. The highest BCUT2D eigenvalue weighted by atomic mass is 35.5. The minimum atomic E-state index is -4.61. The van der Waals surface area contributed by atoms with Crippen LogP contribution in [0.2, 0.25) is 15.1 Å². The van der Waals surface area contributed by atoms with Crippen molar-refractivity contribution in [2.24, 2.45) is 4.40 Å². The Morgan fingerprint density at radius 2 is 1.83 bits per heavy atom. The van der Waals surface area contributed by atoms with Crippen LogP contribution in [0.4, 0.5) is 13.2 Å². The molecular weight excluding hydrogens is 490 g/mol. The molecule has 1 heterocycles. The highest BCUT2D eigenvalue weighted by molar-refractivity contribution is 8.00. The van der Waals surface area contributed by atoms with E-state index in [-0.39, 0.29) is 32.1 Å². The quantitative estimate of drug-likeness (QED) is 0.351. The molecule has 1 unspecified atom stereocenters. The third-order valence-corrected chi connectivity index (χ3v) is 7.29. The van der Waals surface area contributed by atoms with Crippen molar-refractivity contribution in [2.45, 2.75) is 22.2 Å². The lowest BCUT2D eigenvalue weighted by atomic mass is 9.89. The third kappa shape index (κ3) is 4.82. The van der Waals surface area contributed by atoms with E-state index in [4.69, 9.17) is 39.9 Å². The maximum Gasteiger partial charge on any atom is 0.409 e. The van der Waals surface area contributed by atoms with Gasteiger partial charge in [-0.1, -0.05) is 40.9 Å². The number of nitrogens with zero attached hydrogens (tertiary/aromatic N) is 1. The van der Waals surface area contributed by atoms with Crippen LogP contribution in [0.15, 0.2) is 45.7 Å². The van der Waals surface area contributed by atoms with E-state index in [0.29, 0.717) is 22.4 Å². The molecule has 1 aliphatic heterocycles. The Morgan fingerprint density at radius 3 is 2.38 bits per heavy atom. The molecule has 2 aromatic rings. The van der Waals surface area contributed by atoms with Gasteiger partial charge in [0.25, 0.3) is 0 Å². The van der Waals surface area contributed by atoms with Gasteiger partial charge in [0.2, 0.25) is 0 Å². The smallest absolute Gasteiger partial charge is 0.409 e. The van der Waals surface area contributed by atoms with Gasteiger partial charge >= 0.3 is 12.1 Å². The molecule has 154 valence electrons. The Bertz CT molecular complexity index is 981. The summed E-state index contributed by atoms with van der Waals surface area (Å²) in [6.45, 7) is 0. The standard InChI is InChI=1S/C18H11Cl3F3NO2S2/c19-11-4-10(5-12(20)6-11)17(18(22,23)24)7-14(25-29-17)9-1-2-15(13(21)3-9)28-8-16(26)27/h1-6H,7-8H2,(H,26,27). The largest absolute Gasteiger partial charge is 0.481 e. The molecule has 0 spiro atoms. The number of hydrogen-bond acceptors (Lipinski definition) is 4. The zero-order chi connectivity index (χ0) is 21.4. The average Bonchev–Trinajstić information content (AvgIpc) is 3.06. The van der Waals surface area contributed by atoms with Gasteiger partial charge in [-0.3, -0.25) is 4.79 Å². The molecule has 3 rings (SSSR count). The number of aliphatic carboxylic acids is 1. The molecular formula is C18H11Cl3F3NO2S2. The summed E-state index contributed by atoms with van der Waals surface area (Å²) in [6.07, 6.45) is -5.03. The lowest BCUT2D eigenvalue weighted by Crippen LogP contribution is -2.38. The molecule has 2 aromatic carbocycles. The molecule has 0 saturated carbocycles. The second-order valence-corrected chi connectivity index (χ2v) is 9.48. The van der Waals surface area contributed by atoms with E-state index in [9.17, 15) is 18.0 Å². The molecule has 0 fully saturated rings. The number of carboxylic acids is 1. The van der Waals surface area contributed by atoms with Crippen LogP contribution in [-0.2, 0) is 9.54 Å². The van der Waals surface area contributed by atoms with Crippen LogP contribution in [0.5, 0.6) is 0 Å². The van der Waals surface area contributed by atoms with Crippen molar-refractivity contribution < 1.29 is 23.1 Å². The van der Waals surface area contributed by atoms with Gasteiger partial charge in [-0.05, 0) is 53.4 Å². The number of benzene rings is 2. The first-order valence-corrected chi connectivity index (χ1v) is 10.8. The van der Waals surface area contributed by atoms with Gasteiger partial charge < -0.3 is 5.11 Å². The van der Waals surface area contributed by atoms with Crippen molar-refractivity contribution in [1.29, 1.82) is 0 Å². The number of rotatable bonds is 5. The van der Waals surface area contributed by atoms with Crippen molar-refractivity contribution in [3.05, 3.63) is 62.6 Å². The average molecular weight is 501 g/mol. The van der Waals surface area contributed by atoms with Crippen LogP contribution < -0.4 is 0 Å². The SMILES string of the molecule is O=C(O)CSc1ccc(C2=NSC(c3cc(Cl)cc(Cl)c3)(C(F)(F)F)C2)cc1Cl. The monoisotopic (exact) mass is 499 g/mol. The number of alkyl halides is 3. The van der Waals surface area contributed by atoms with Gasteiger partial charge in [0, 0.05) is 21.4 Å². The molecule has 0 aromatic heterocycles. The zero-order valence-corrected chi connectivity index (χ0v) is 18.2. The van der Waals surface area contributed by atoms with Crippen molar-refractivity contribution in [3.63, 3.8) is 0 Å². The lowest BCUT2D eigenvalue weighted by molar-refractivity contribution is -0.159. The van der Waals surface area contributed by atoms with Gasteiger partial charge in [-0.25, -0.2) is 4.40 Å². The van der Waals surface area contributed by atoms with E-state index in [2.05, 4.69) is 4.40 Å². The molecule has 0 radical (unpaired) electrons. The van der Waals surface area contributed by atoms with E-state index in [1.165, 1.54) is 24.3 Å². The van der Waals surface area contributed by atoms with E-state index >= 15 is 0 Å². The number of halogens is 6.